The molecule has 1 atom stereocenters. The normalized spacial score (nSPS) is 22.8. The molecule has 1 aliphatic heterocycles. The summed E-state index contributed by atoms with van der Waals surface area (Å²) in [6.45, 7) is 1.16. The Bertz CT molecular complexity index is 616. The Kier molecular flexibility index (Phi) is 3.13. The Balaban J connectivity index is 1.57. The van der Waals surface area contributed by atoms with Crippen LogP contribution in [0.3, 0.4) is 0 Å². The number of aromatic nitrogens is 2. The third-order valence-electron chi connectivity index (χ3n) is 3.28. The maximum absolute atomic E-state index is 11.6. The van der Waals surface area contributed by atoms with Gasteiger partial charge in [0.2, 0.25) is 0 Å². The van der Waals surface area contributed by atoms with E-state index in [1.54, 1.807) is 11.3 Å². The summed E-state index contributed by atoms with van der Waals surface area (Å²) in [5.41, 5.74) is 0.956. The van der Waals surface area contributed by atoms with Gasteiger partial charge in [0, 0.05) is 30.9 Å². The zero-order chi connectivity index (χ0) is 12.6. The number of imidazole rings is 1. The Labute approximate surface area is 110 Å². The Morgan fingerprint density at radius 2 is 2.44 bits per heavy atom. The molecule has 0 aliphatic carbocycles. The van der Waals surface area contributed by atoms with Gasteiger partial charge >= 0.3 is 0 Å². The van der Waals surface area contributed by atoms with Crippen molar-refractivity contribution >= 4 is 26.1 Å². The van der Waals surface area contributed by atoms with E-state index in [-0.39, 0.29) is 5.25 Å². The maximum atomic E-state index is 11.6. The highest BCUT2D eigenvalue weighted by Gasteiger charge is 2.30. The molecule has 1 fully saturated rings. The largest absolute Gasteiger partial charge is 0.310 e. The molecule has 2 aromatic rings. The molecule has 18 heavy (non-hydrogen) atoms. The van der Waals surface area contributed by atoms with Gasteiger partial charge in [0.25, 0.3) is 0 Å². The first-order valence-corrected chi connectivity index (χ1v) is 8.58. The number of thiazole rings is 1. The van der Waals surface area contributed by atoms with Crippen molar-refractivity contribution in [2.45, 2.75) is 24.6 Å². The SMILES string of the molecule is O=S1(=O)CCCC1CNCc1cn2ccsc2n1. The molecular formula is C11H15N3O2S2. The van der Waals surface area contributed by atoms with E-state index in [2.05, 4.69) is 10.3 Å². The summed E-state index contributed by atoms with van der Waals surface area (Å²) in [5, 5.41) is 4.98. The molecule has 98 valence electrons. The maximum Gasteiger partial charge on any atom is 0.193 e. The van der Waals surface area contributed by atoms with Crippen LogP contribution >= 0.6 is 11.3 Å². The highest BCUT2D eigenvalue weighted by atomic mass is 32.2. The predicted molar refractivity (Wildman–Crippen MR) is 71.6 cm³/mol. The Morgan fingerprint density at radius 3 is 3.17 bits per heavy atom. The van der Waals surface area contributed by atoms with E-state index < -0.39 is 9.84 Å². The molecule has 0 bridgehead atoms. The van der Waals surface area contributed by atoms with Crippen LogP contribution in [0.15, 0.2) is 17.8 Å². The third kappa shape index (κ3) is 2.30. The topological polar surface area (TPSA) is 63.5 Å². The summed E-state index contributed by atoms with van der Waals surface area (Å²) in [6, 6.07) is 0. The standard InChI is InChI=1S/C11H15N3O2S2/c15-18(16)5-1-2-10(18)7-12-6-9-8-14-3-4-17-11(14)13-9/h3-4,8,10,12H,1-2,5-7H2. The second-order valence-corrected chi connectivity index (χ2v) is 7.86. The molecular weight excluding hydrogens is 270 g/mol. The molecule has 5 nitrogen and oxygen atoms in total. The van der Waals surface area contributed by atoms with Gasteiger partial charge < -0.3 is 5.32 Å². The van der Waals surface area contributed by atoms with Crippen molar-refractivity contribution in [1.29, 1.82) is 0 Å². The number of rotatable bonds is 4. The van der Waals surface area contributed by atoms with Crippen LogP contribution in [0.4, 0.5) is 0 Å². The van der Waals surface area contributed by atoms with Crippen LogP contribution in [-0.2, 0) is 16.4 Å². The quantitative estimate of drug-likeness (QED) is 0.912. The molecule has 1 N–H and O–H groups in total. The minimum absolute atomic E-state index is 0.207. The lowest BCUT2D eigenvalue weighted by Crippen LogP contribution is -2.30. The van der Waals surface area contributed by atoms with E-state index in [9.17, 15) is 8.42 Å². The van der Waals surface area contributed by atoms with Crippen molar-refractivity contribution in [1.82, 2.24) is 14.7 Å². The Morgan fingerprint density at radius 1 is 1.56 bits per heavy atom. The predicted octanol–water partition coefficient (Wildman–Crippen LogP) is 1.06. The first kappa shape index (κ1) is 12.1. The highest BCUT2D eigenvalue weighted by molar-refractivity contribution is 7.92. The summed E-state index contributed by atoms with van der Waals surface area (Å²) in [6.07, 6.45) is 5.53. The zero-order valence-electron chi connectivity index (χ0n) is 9.87. The zero-order valence-corrected chi connectivity index (χ0v) is 11.5. The minimum Gasteiger partial charge on any atom is -0.310 e. The van der Waals surface area contributed by atoms with Crippen LogP contribution in [0.2, 0.25) is 0 Å². The van der Waals surface area contributed by atoms with Crippen LogP contribution in [0.5, 0.6) is 0 Å². The van der Waals surface area contributed by atoms with Gasteiger partial charge in [-0.25, -0.2) is 13.4 Å². The molecule has 0 aromatic carbocycles. The minimum atomic E-state index is -2.84. The van der Waals surface area contributed by atoms with Crippen LogP contribution in [0.25, 0.3) is 4.96 Å². The van der Waals surface area contributed by atoms with Crippen molar-refractivity contribution in [3.8, 4) is 0 Å². The van der Waals surface area contributed by atoms with Crippen LogP contribution in [0, 0.1) is 0 Å². The van der Waals surface area contributed by atoms with E-state index in [1.807, 2.05) is 22.2 Å². The van der Waals surface area contributed by atoms with Crippen molar-refractivity contribution in [2.75, 3.05) is 12.3 Å². The van der Waals surface area contributed by atoms with E-state index in [0.717, 1.165) is 23.5 Å². The second-order valence-electron chi connectivity index (χ2n) is 4.59. The summed E-state index contributed by atoms with van der Waals surface area (Å²) in [7, 11) is -2.84. The molecule has 1 saturated heterocycles. The van der Waals surface area contributed by atoms with Gasteiger partial charge in [0.15, 0.2) is 14.8 Å². The van der Waals surface area contributed by atoms with Crippen molar-refractivity contribution < 1.29 is 8.42 Å². The smallest absolute Gasteiger partial charge is 0.193 e. The van der Waals surface area contributed by atoms with Crippen molar-refractivity contribution in [3.63, 3.8) is 0 Å². The van der Waals surface area contributed by atoms with Gasteiger partial charge in [0.1, 0.15) is 0 Å². The lowest BCUT2D eigenvalue weighted by Gasteiger charge is -2.09. The number of fused-ring (bicyclic) bond motifs is 1. The molecule has 2 aromatic heterocycles. The molecule has 7 heteroatoms. The molecule has 3 rings (SSSR count). The molecule has 1 unspecified atom stereocenters. The lowest BCUT2D eigenvalue weighted by molar-refractivity contribution is 0.572. The van der Waals surface area contributed by atoms with Gasteiger partial charge in [-0.15, -0.1) is 11.3 Å². The third-order valence-corrected chi connectivity index (χ3v) is 6.33. The van der Waals surface area contributed by atoms with Gasteiger partial charge in [-0.3, -0.25) is 4.40 Å². The number of nitrogens with one attached hydrogen (secondary N) is 1. The number of nitrogens with zero attached hydrogens (tertiary/aromatic N) is 2. The monoisotopic (exact) mass is 285 g/mol. The summed E-state index contributed by atoms with van der Waals surface area (Å²) >= 11 is 1.59. The van der Waals surface area contributed by atoms with Crippen LogP contribution in [-0.4, -0.2) is 35.4 Å². The van der Waals surface area contributed by atoms with Crippen LogP contribution in [0.1, 0.15) is 18.5 Å². The van der Waals surface area contributed by atoms with Gasteiger partial charge in [-0.1, -0.05) is 0 Å². The fourth-order valence-electron chi connectivity index (χ4n) is 2.31. The first-order chi connectivity index (χ1) is 8.65. The fourth-order valence-corrected chi connectivity index (χ4v) is 4.83. The molecule has 1 aliphatic rings. The molecule has 0 amide bonds. The van der Waals surface area contributed by atoms with E-state index in [4.69, 9.17) is 0 Å². The van der Waals surface area contributed by atoms with Gasteiger partial charge in [0.05, 0.1) is 16.7 Å². The van der Waals surface area contributed by atoms with E-state index >= 15 is 0 Å². The Hall–Kier alpha value is -0.920. The molecule has 0 radical (unpaired) electrons. The van der Waals surface area contributed by atoms with Gasteiger partial charge in [-0.05, 0) is 12.8 Å². The summed E-state index contributed by atoms with van der Waals surface area (Å²) in [5.74, 6) is 0.347. The summed E-state index contributed by atoms with van der Waals surface area (Å²) < 4.78 is 25.3. The summed E-state index contributed by atoms with van der Waals surface area (Å²) in [4.78, 5) is 5.42. The van der Waals surface area contributed by atoms with Crippen molar-refractivity contribution in [3.05, 3.63) is 23.5 Å². The number of hydrogen-bond acceptors (Lipinski definition) is 5. The average Bonchev–Trinajstić information content (AvgIpc) is 2.93. The second kappa shape index (κ2) is 4.64. The lowest BCUT2D eigenvalue weighted by atomic mass is 10.2. The van der Waals surface area contributed by atoms with Gasteiger partial charge in [-0.2, -0.15) is 0 Å². The highest BCUT2D eigenvalue weighted by Crippen LogP contribution is 2.19. The van der Waals surface area contributed by atoms with E-state index in [0.29, 0.717) is 18.8 Å². The first-order valence-electron chi connectivity index (χ1n) is 5.98. The molecule has 0 saturated carbocycles. The molecule has 0 spiro atoms. The average molecular weight is 285 g/mol. The van der Waals surface area contributed by atoms with Crippen molar-refractivity contribution in [2.24, 2.45) is 0 Å². The molecule has 3 heterocycles. The van der Waals surface area contributed by atoms with E-state index in [1.165, 1.54) is 0 Å². The number of sulfone groups is 1. The van der Waals surface area contributed by atoms with Crippen LogP contribution < -0.4 is 5.32 Å². The fraction of sp³-hybridized carbons (Fsp3) is 0.545. The number of hydrogen-bond donors (Lipinski definition) is 1.